The molecule has 0 aromatic heterocycles. The van der Waals surface area contributed by atoms with Crippen LogP contribution in [0.3, 0.4) is 0 Å². The molecule has 0 aliphatic carbocycles. The predicted octanol–water partition coefficient (Wildman–Crippen LogP) is 6.19. The van der Waals surface area contributed by atoms with E-state index >= 15 is 0 Å². The number of carbonyl (C=O) groups excluding carboxylic acids is 1. The number of benzene rings is 4. The first-order chi connectivity index (χ1) is 18.1. The molecule has 192 valence electrons. The maximum atomic E-state index is 13.3. The zero-order chi connectivity index (χ0) is 27.3. The molecule has 0 aliphatic heterocycles. The molecule has 2 N–H and O–H groups in total. The maximum absolute atomic E-state index is 13.3. The number of anilines is 2. The zero-order valence-electron chi connectivity index (χ0n) is 20.7. The van der Waals surface area contributed by atoms with Crippen LogP contribution >= 0.6 is 0 Å². The summed E-state index contributed by atoms with van der Waals surface area (Å²) in [5.41, 5.74) is 4.31. The highest BCUT2D eigenvalue weighted by Gasteiger charge is 2.17. The van der Waals surface area contributed by atoms with Crippen molar-refractivity contribution in [3.05, 3.63) is 129 Å². The lowest BCUT2D eigenvalue weighted by molar-refractivity contribution is -0.384. The third kappa shape index (κ3) is 6.32. The second kappa shape index (κ2) is 11.1. The fourth-order valence-electron chi connectivity index (χ4n) is 3.80. The van der Waals surface area contributed by atoms with E-state index in [9.17, 15) is 23.3 Å². The number of nitro groups is 1. The van der Waals surface area contributed by atoms with E-state index in [1.54, 1.807) is 48.5 Å². The molecular formula is C29H25N3O5S. The van der Waals surface area contributed by atoms with Crippen LogP contribution in [0.1, 0.15) is 22.3 Å². The van der Waals surface area contributed by atoms with Crippen molar-refractivity contribution in [2.45, 2.75) is 18.7 Å². The molecule has 0 aliphatic rings. The molecule has 0 spiro atoms. The standard InChI is InChI=1S/C29H25N3O5S/c1-20-8-17-28(21(2)18-20)31-38(36,37)26-15-11-24(12-16-26)30-29(33)27(23-6-4-3-5-7-23)19-22-9-13-25(14-10-22)32(34)35/h3-19,31H,1-2H3,(H,30,33)/b27-19+. The van der Waals surface area contributed by atoms with Crippen LogP contribution in [0.2, 0.25) is 0 Å². The summed E-state index contributed by atoms with van der Waals surface area (Å²) in [6.45, 7) is 3.76. The number of rotatable bonds is 8. The summed E-state index contributed by atoms with van der Waals surface area (Å²) in [5, 5.41) is 13.8. The molecule has 0 bridgehead atoms. The quantitative estimate of drug-likeness (QED) is 0.123. The van der Waals surface area contributed by atoms with Crippen molar-refractivity contribution in [1.82, 2.24) is 0 Å². The van der Waals surface area contributed by atoms with E-state index in [-0.39, 0.29) is 10.6 Å². The average Bonchev–Trinajstić information content (AvgIpc) is 2.90. The Morgan fingerprint density at radius 3 is 2.13 bits per heavy atom. The van der Waals surface area contributed by atoms with Gasteiger partial charge in [0.2, 0.25) is 0 Å². The van der Waals surface area contributed by atoms with Gasteiger partial charge < -0.3 is 5.32 Å². The van der Waals surface area contributed by atoms with Crippen molar-refractivity contribution in [1.29, 1.82) is 0 Å². The summed E-state index contributed by atoms with van der Waals surface area (Å²) in [7, 11) is -3.83. The van der Waals surface area contributed by atoms with Gasteiger partial charge in [-0.2, -0.15) is 0 Å². The van der Waals surface area contributed by atoms with Crippen molar-refractivity contribution in [2.24, 2.45) is 0 Å². The van der Waals surface area contributed by atoms with Crippen LogP contribution in [0.25, 0.3) is 11.6 Å². The van der Waals surface area contributed by atoms with Crippen LogP contribution in [0.5, 0.6) is 0 Å². The van der Waals surface area contributed by atoms with Crippen molar-refractivity contribution < 1.29 is 18.1 Å². The number of hydrogen-bond acceptors (Lipinski definition) is 5. The topological polar surface area (TPSA) is 118 Å². The fraction of sp³-hybridized carbons (Fsp3) is 0.0690. The van der Waals surface area contributed by atoms with Gasteiger partial charge in [-0.3, -0.25) is 19.6 Å². The maximum Gasteiger partial charge on any atom is 0.269 e. The highest BCUT2D eigenvalue weighted by Crippen LogP contribution is 2.24. The summed E-state index contributed by atoms with van der Waals surface area (Å²) in [6.07, 6.45) is 1.64. The summed E-state index contributed by atoms with van der Waals surface area (Å²) < 4.78 is 28.4. The minimum atomic E-state index is -3.83. The lowest BCUT2D eigenvalue weighted by Crippen LogP contribution is -2.15. The molecule has 0 radical (unpaired) electrons. The fourth-order valence-corrected chi connectivity index (χ4v) is 4.94. The van der Waals surface area contributed by atoms with E-state index < -0.39 is 20.9 Å². The van der Waals surface area contributed by atoms with E-state index in [0.29, 0.717) is 28.1 Å². The molecule has 0 saturated carbocycles. The van der Waals surface area contributed by atoms with Gasteiger partial charge in [-0.25, -0.2) is 8.42 Å². The van der Waals surface area contributed by atoms with E-state index in [1.165, 1.54) is 36.4 Å². The van der Waals surface area contributed by atoms with Gasteiger partial charge in [0.15, 0.2) is 0 Å². The molecule has 4 aromatic rings. The molecule has 1 amide bonds. The Morgan fingerprint density at radius 1 is 0.868 bits per heavy atom. The first-order valence-corrected chi connectivity index (χ1v) is 13.1. The molecule has 9 heteroatoms. The number of hydrogen-bond donors (Lipinski definition) is 2. The Kier molecular flexibility index (Phi) is 7.68. The summed E-state index contributed by atoms with van der Waals surface area (Å²) >= 11 is 0. The first kappa shape index (κ1) is 26.3. The van der Waals surface area contributed by atoms with Gasteiger partial charge in [-0.1, -0.05) is 48.0 Å². The largest absolute Gasteiger partial charge is 0.322 e. The molecule has 0 fully saturated rings. The SMILES string of the molecule is Cc1ccc(NS(=O)(=O)c2ccc(NC(=O)/C(=C/c3ccc([N+](=O)[O-])cc3)c3ccccc3)cc2)c(C)c1. The van der Waals surface area contributed by atoms with Crippen molar-refractivity contribution >= 4 is 44.6 Å². The molecule has 4 aromatic carbocycles. The lowest BCUT2D eigenvalue weighted by atomic mass is 10.0. The van der Waals surface area contributed by atoms with Crippen LogP contribution in [0, 0.1) is 24.0 Å². The third-order valence-corrected chi connectivity index (χ3v) is 7.17. The number of nitrogens with zero attached hydrogens (tertiary/aromatic N) is 1. The van der Waals surface area contributed by atoms with Crippen molar-refractivity contribution in [2.75, 3.05) is 10.0 Å². The molecule has 4 rings (SSSR count). The second-order valence-electron chi connectivity index (χ2n) is 8.68. The van der Waals surface area contributed by atoms with E-state index in [2.05, 4.69) is 10.0 Å². The van der Waals surface area contributed by atoms with Gasteiger partial charge in [0.05, 0.1) is 15.5 Å². The zero-order valence-corrected chi connectivity index (χ0v) is 21.5. The smallest absolute Gasteiger partial charge is 0.269 e. The van der Waals surface area contributed by atoms with Gasteiger partial charge in [0.25, 0.3) is 21.6 Å². The van der Waals surface area contributed by atoms with Gasteiger partial charge in [-0.15, -0.1) is 0 Å². The van der Waals surface area contributed by atoms with Crippen molar-refractivity contribution in [3.63, 3.8) is 0 Å². The number of nitro benzene ring substituents is 1. The van der Waals surface area contributed by atoms with Crippen LogP contribution < -0.4 is 10.0 Å². The first-order valence-electron chi connectivity index (χ1n) is 11.7. The van der Waals surface area contributed by atoms with Gasteiger partial charge in [0, 0.05) is 23.4 Å². The number of non-ortho nitro benzene ring substituents is 1. The number of carbonyl (C=O) groups is 1. The van der Waals surface area contributed by atoms with Crippen LogP contribution in [-0.2, 0) is 14.8 Å². The monoisotopic (exact) mass is 527 g/mol. The summed E-state index contributed by atoms with van der Waals surface area (Å²) in [5.74, 6) is -0.418. The number of nitrogens with one attached hydrogen (secondary N) is 2. The average molecular weight is 528 g/mol. The Bertz CT molecular complexity index is 1610. The summed E-state index contributed by atoms with van der Waals surface area (Å²) in [4.78, 5) is 23.8. The molecular weight excluding hydrogens is 502 g/mol. The molecule has 0 unspecified atom stereocenters. The van der Waals surface area contributed by atoms with Crippen LogP contribution in [0.15, 0.2) is 102 Å². The van der Waals surface area contributed by atoms with Crippen molar-refractivity contribution in [3.8, 4) is 0 Å². The Hall–Kier alpha value is -4.76. The van der Waals surface area contributed by atoms with E-state index in [4.69, 9.17) is 0 Å². The van der Waals surface area contributed by atoms with Crippen LogP contribution in [-0.4, -0.2) is 19.2 Å². The highest BCUT2D eigenvalue weighted by molar-refractivity contribution is 7.92. The molecule has 0 saturated heterocycles. The van der Waals surface area contributed by atoms with E-state index in [1.807, 2.05) is 32.0 Å². The highest BCUT2D eigenvalue weighted by atomic mass is 32.2. The minimum absolute atomic E-state index is 0.0464. The van der Waals surface area contributed by atoms with Gasteiger partial charge >= 0.3 is 0 Å². The molecule has 38 heavy (non-hydrogen) atoms. The predicted molar refractivity (Wildman–Crippen MR) is 149 cm³/mol. The summed E-state index contributed by atoms with van der Waals surface area (Å²) in [6, 6.07) is 26.2. The Morgan fingerprint density at radius 2 is 1.53 bits per heavy atom. The molecule has 0 atom stereocenters. The molecule has 0 heterocycles. The van der Waals surface area contributed by atoms with E-state index in [0.717, 1.165) is 11.1 Å². The lowest BCUT2D eigenvalue weighted by Gasteiger charge is -2.13. The van der Waals surface area contributed by atoms with Crippen LogP contribution in [0.4, 0.5) is 17.1 Å². The van der Waals surface area contributed by atoms with Gasteiger partial charge in [-0.05, 0) is 79.1 Å². The Balaban J connectivity index is 1.56. The van der Waals surface area contributed by atoms with Gasteiger partial charge in [0.1, 0.15) is 0 Å². The normalized spacial score (nSPS) is 11.6. The number of amides is 1. The Labute approximate surface area is 220 Å². The third-order valence-electron chi connectivity index (χ3n) is 5.79. The minimum Gasteiger partial charge on any atom is -0.322 e. The second-order valence-corrected chi connectivity index (χ2v) is 10.4. The molecule has 8 nitrogen and oxygen atoms in total. The number of aryl methyl sites for hydroxylation is 2. The number of sulfonamides is 1.